The average molecular weight is 356 g/mol. The number of ether oxygens (including phenoxy) is 2. The first-order chi connectivity index (χ1) is 12.6. The Kier molecular flexibility index (Phi) is 4.74. The highest BCUT2D eigenvalue weighted by atomic mass is 16.6. The Bertz CT molecular complexity index is 763. The molecule has 7 nitrogen and oxygen atoms in total. The van der Waals surface area contributed by atoms with Crippen molar-refractivity contribution in [2.45, 2.75) is 37.6 Å². The molecule has 0 unspecified atom stereocenters. The van der Waals surface area contributed by atoms with E-state index in [0.717, 1.165) is 31.5 Å². The van der Waals surface area contributed by atoms with E-state index in [4.69, 9.17) is 9.47 Å². The standard InChI is InChI=1S/C19H24N4O3/c1-22-11-15(10-21-22)18(24)23-8-4-6-19(14-23)9-17(13-26-19)25-12-16-5-2-3-7-20-16/h2-3,5,7,10-11,17H,4,6,8-9,12-14H2,1H3/t17-,19+/m1/s1. The lowest BCUT2D eigenvalue weighted by atomic mass is 9.89. The number of rotatable bonds is 4. The van der Waals surface area contributed by atoms with E-state index < -0.39 is 0 Å². The number of likely N-dealkylation sites (tertiary alicyclic amines) is 1. The van der Waals surface area contributed by atoms with Gasteiger partial charge in [0.05, 0.1) is 48.9 Å². The summed E-state index contributed by atoms with van der Waals surface area (Å²) < 4.78 is 13.8. The Balaban J connectivity index is 1.35. The first-order valence-corrected chi connectivity index (χ1v) is 9.07. The minimum Gasteiger partial charge on any atom is -0.370 e. The zero-order valence-corrected chi connectivity index (χ0v) is 15.0. The van der Waals surface area contributed by atoms with Gasteiger partial charge in [0, 0.05) is 32.4 Å². The molecule has 0 N–H and O–H groups in total. The number of hydrogen-bond donors (Lipinski definition) is 0. The predicted octanol–water partition coefficient (Wildman–Crippen LogP) is 1.80. The number of hydrogen-bond acceptors (Lipinski definition) is 5. The van der Waals surface area contributed by atoms with Gasteiger partial charge >= 0.3 is 0 Å². The molecule has 7 heteroatoms. The van der Waals surface area contributed by atoms with Crippen LogP contribution in [0.3, 0.4) is 0 Å². The highest BCUT2D eigenvalue weighted by Crippen LogP contribution is 2.36. The fraction of sp³-hybridized carbons (Fsp3) is 0.526. The van der Waals surface area contributed by atoms with Crippen molar-refractivity contribution in [1.82, 2.24) is 19.7 Å². The predicted molar refractivity (Wildman–Crippen MR) is 94.5 cm³/mol. The Labute approximate surface area is 152 Å². The van der Waals surface area contributed by atoms with Gasteiger partial charge in [0.15, 0.2) is 0 Å². The first-order valence-electron chi connectivity index (χ1n) is 9.07. The maximum atomic E-state index is 12.7. The third-order valence-electron chi connectivity index (χ3n) is 5.15. The number of nitrogens with zero attached hydrogens (tertiary/aromatic N) is 4. The van der Waals surface area contributed by atoms with Crippen molar-refractivity contribution in [2.24, 2.45) is 7.05 Å². The van der Waals surface area contributed by atoms with Crippen LogP contribution in [0.15, 0.2) is 36.8 Å². The third kappa shape index (κ3) is 3.64. The number of aryl methyl sites for hydroxylation is 1. The molecule has 2 atom stereocenters. The van der Waals surface area contributed by atoms with Crippen molar-refractivity contribution in [3.63, 3.8) is 0 Å². The molecule has 4 rings (SSSR count). The zero-order valence-electron chi connectivity index (χ0n) is 15.0. The van der Waals surface area contributed by atoms with E-state index in [2.05, 4.69) is 10.1 Å². The van der Waals surface area contributed by atoms with Crippen molar-refractivity contribution in [2.75, 3.05) is 19.7 Å². The minimum absolute atomic E-state index is 0.0265. The smallest absolute Gasteiger partial charge is 0.257 e. The Morgan fingerprint density at radius 2 is 2.38 bits per heavy atom. The van der Waals surface area contributed by atoms with Crippen LogP contribution in [0.5, 0.6) is 0 Å². The van der Waals surface area contributed by atoms with Crippen LogP contribution in [0.25, 0.3) is 0 Å². The van der Waals surface area contributed by atoms with Crippen LogP contribution in [-0.4, -0.2) is 57.0 Å². The normalized spacial score (nSPS) is 25.7. The molecule has 2 aliphatic heterocycles. The van der Waals surface area contributed by atoms with Crippen LogP contribution < -0.4 is 0 Å². The van der Waals surface area contributed by atoms with Gasteiger partial charge < -0.3 is 14.4 Å². The molecule has 0 bridgehead atoms. The summed E-state index contributed by atoms with van der Waals surface area (Å²) >= 11 is 0. The molecule has 2 aromatic heterocycles. The molecule has 26 heavy (non-hydrogen) atoms. The van der Waals surface area contributed by atoms with Crippen LogP contribution in [0.4, 0.5) is 0 Å². The van der Waals surface area contributed by atoms with E-state index in [1.165, 1.54) is 0 Å². The molecular formula is C19H24N4O3. The molecule has 2 fully saturated rings. The maximum Gasteiger partial charge on any atom is 0.257 e. The summed E-state index contributed by atoms with van der Waals surface area (Å²) in [6.45, 7) is 2.44. The first kappa shape index (κ1) is 17.2. The van der Waals surface area contributed by atoms with Crippen molar-refractivity contribution in [3.05, 3.63) is 48.0 Å². The van der Waals surface area contributed by atoms with Gasteiger partial charge in [-0.25, -0.2) is 0 Å². The third-order valence-corrected chi connectivity index (χ3v) is 5.15. The highest BCUT2D eigenvalue weighted by molar-refractivity contribution is 5.93. The molecule has 4 heterocycles. The Hall–Kier alpha value is -2.25. The van der Waals surface area contributed by atoms with Crippen molar-refractivity contribution >= 4 is 5.91 Å². The fourth-order valence-electron chi connectivity index (χ4n) is 3.87. The molecule has 1 spiro atoms. The summed E-state index contributed by atoms with van der Waals surface area (Å²) in [6.07, 6.45) is 7.93. The van der Waals surface area contributed by atoms with Crippen LogP contribution >= 0.6 is 0 Å². The molecule has 0 aliphatic carbocycles. The van der Waals surface area contributed by atoms with Crippen molar-refractivity contribution in [3.8, 4) is 0 Å². The van der Waals surface area contributed by atoms with Gasteiger partial charge in [-0.15, -0.1) is 0 Å². The molecule has 138 valence electrons. The fourth-order valence-corrected chi connectivity index (χ4v) is 3.87. The monoisotopic (exact) mass is 356 g/mol. The average Bonchev–Trinajstić information content (AvgIpc) is 3.27. The molecule has 0 saturated carbocycles. The van der Waals surface area contributed by atoms with Crippen molar-refractivity contribution < 1.29 is 14.3 Å². The van der Waals surface area contributed by atoms with Gasteiger partial charge in [0.1, 0.15) is 0 Å². The van der Waals surface area contributed by atoms with Crippen LogP contribution in [0, 0.1) is 0 Å². The zero-order chi connectivity index (χ0) is 18.0. The second kappa shape index (κ2) is 7.17. The lowest BCUT2D eigenvalue weighted by molar-refractivity contribution is -0.0466. The van der Waals surface area contributed by atoms with Gasteiger partial charge in [-0.1, -0.05) is 6.07 Å². The van der Waals surface area contributed by atoms with E-state index in [-0.39, 0.29) is 17.6 Å². The van der Waals surface area contributed by atoms with Gasteiger partial charge in [-0.2, -0.15) is 5.10 Å². The molecule has 1 amide bonds. The van der Waals surface area contributed by atoms with Crippen LogP contribution in [0.1, 0.15) is 35.3 Å². The summed E-state index contributed by atoms with van der Waals surface area (Å²) in [6, 6.07) is 5.81. The lowest BCUT2D eigenvalue weighted by Crippen LogP contribution is -2.50. The number of amides is 1. The summed E-state index contributed by atoms with van der Waals surface area (Å²) in [5.74, 6) is 0.0265. The summed E-state index contributed by atoms with van der Waals surface area (Å²) in [4.78, 5) is 18.9. The Morgan fingerprint density at radius 1 is 1.46 bits per heavy atom. The Morgan fingerprint density at radius 3 is 3.15 bits per heavy atom. The summed E-state index contributed by atoms with van der Waals surface area (Å²) in [7, 11) is 1.82. The molecule has 0 radical (unpaired) electrons. The topological polar surface area (TPSA) is 69.5 Å². The number of aromatic nitrogens is 3. The molecular weight excluding hydrogens is 332 g/mol. The molecule has 2 aliphatic rings. The highest BCUT2D eigenvalue weighted by Gasteiger charge is 2.45. The number of carbonyl (C=O) groups excluding carboxylic acids is 1. The molecule has 2 saturated heterocycles. The van der Waals surface area contributed by atoms with Crippen LogP contribution in [-0.2, 0) is 23.1 Å². The van der Waals surface area contributed by atoms with Gasteiger partial charge in [0.25, 0.3) is 5.91 Å². The second-order valence-electron chi connectivity index (χ2n) is 7.19. The molecule has 0 aromatic carbocycles. The van der Waals surface area contributed by atoms with Gasteiger partial charge in [0.2, 0.25) is 0 Å². The lowest BCUT2D eigenvalue weighted by Gasteiger charge is -2.39. The summed E-state index contributed by atoms with van der Waals surface area (Å²) in [5.41, 5.74) is 1.27. The van der Waals surface area contributed by atoms with E-state index in [9.17, 15) is 4.79 Å². The van der Waals surface area contributed by atoms with E-state index >= 15 is 0 Å². The maximum absolute atomic E-state index is 12.7. The van der Waals surface area contributed by atoms with Gasteiger partial charge in [-0.3, -0.25) is 14.5 Å². The van der Waals surface area contributed by atoms with E-state index in [0.29, 0.717) is 25.3 Å². The largest absolute Gasteiger partial charge is 0.370 e. The second-order valence-corrected chi connectivity index (χ2v) is 7.19. The van der Waals surface area contributed by atoms with Crippen molar-refractivity contribution in [1.29, 1.82) is 0 Å². The van der Waals surface area contributed by atoms with E-state index in [1.807, 2.05) is 30.1 Å². The van der Waals surface area contributed by atoms with Crippen LogP contribution in [0.2, 0.25) is 0 Å². The number of pyridine rings is 1. The SMILES string of the molecule is Cn1cc(C(=O)N2CCC[C@]3(C[C@@H](OCc4ccccn4)CO3)C2)cn1. The number of carbonyl (C=O) groups is 1. The molecule has 2 aromatic rings. The van der Waals surface area contributed by atoms with E-state index in [1.54, 1.807) is 23.3 Å². The quantitative estimate of drug-likeness (QED) is 0.835. The van der Waals surface area contributed by atoms with Gasteiger partial charge in [-0.05, 0) is 25.0 Å². The summed E-state index contributed by atoms with van der Waals surface area (Å²) in [5, 5.41) is 4.10. The minimum atomic E-state index is -0.287. The number of piperidine rings is 1.